The number of hydrogen-bond acceptors (Lipinski definition) is 4. The van der Waals surface area contributed by atoms with E-state index in [2.05, 4.69) is 5.32 Å². The quantitative estimate of drug-likeness (QED) is 0.802. The summed E-state index contributed by atoms with van der Waals surface area (Å²) in [6, 6.07) is 0.0525. The molecule has 1 amide bonds. The normalized spacial score (nSPS) is 28.4. The minimum Gasteiger partial charge on any atom is -0.378 e. The van der Waals surface area contributed by atoms with Gasteiger partial charge in [-0.15, -0.1) is 0 Å². The average molecular weight is 346 g/mol. The molecular weight excluding hydrogens is 314 g/mol. The van der Waals surface area contributed by atoms with E-state index in [0.29, 0.717) is 6.61 Å². The number of ether oxygens (including phenoxy) is 1. The van der Waals surface area contributed by atoms with Gasteiger partial charge >= 0.3 is 0 Å². The number of amides is 1. The van der Waals surface area contributed by atoms with Gasteiger partial charge in [0.2, 0.25) is 5.91 Å². The van der Waals surface area contributed by atoms with Gasteiger partial charge in [0, 0.05) is 18.1 Å². The van der Waals surface area contributed by atoms with Crippen LogP contribution in [-0.2, 0) is 19.4 Å². The van der Waals surface area contributed by atoms with Gasteiger partial charge in [-0.2, -0.15) is 0 Å². The summed E-state index contributed by atoms with van der Waals surface area (Å²) in [7, 11) is -3.42. The third-order valence-corrected chi connectivity index (χ3v) is 8.29. The number of carbonyl (C=O) groups is 1. The standard InChI is InChI=1S/C17H31NO4S/c1-5-22-15-11-14(17(15)9-7-6-8-10-17)18-16(19)13(4)23(20,21)12(2)3/h12-15H,5-11H2,1-4H3,(H,18,19). The van der Waals surface area contributed by atoms with Crippen molar-refractivity contribution in [3.05, 3.63) is 0 Å². The van der Waals surface area contributed by atoms with Gasteiger partial charge in [-0.1, -0.05) is 19.3 Å². The maximum Gasteiger partial charge on any atom is 0.238 e. The number of hydrogen-bond donors (Lipinski definition) is 1. The van der Waals surface area contributed by atoms with E-state index in [9.17, 15) is 13.2 Å². The molecule has 134 valence electrons. The maximum atomic E-state index is 12.5. The van der Waals surface area contributed by atoms with Crippen molar-refractivity contribution in [1.29, 1.82) is 0 Å². The lowest BCUT2D eigenvalue weighted by atomic mass is 9.55. The lowest BCUT2D eigenvalue weighted by molar-refractivity contribution is -0.156. The lowest BCUT2D eigenvalue weighted by Gasteiger charge is -2.57. The molecule has 0 bridgehead atoms. The molecule has 0 aliphatic heterocycles. The molecule has 1 spiro atoms. The molecule has 2 aliphatic rings. The lowest BCUT2D eigenvalue weighted by Crippen LogP contribution is -2.66. The second-order valence-corrected chi connectivity index (χ2v) is 10.1. The van der Waals surface area contributed by atoms with Gasteiger partial charge in [0.1, 0.15) is 5.25 Å². The van der Waals surface area contributed by atoms with Crippen LogP contribution in [0.25, 0.3) is 0 Å². The zero-order valence-corrected chi connectivity index (χ0v) is 15.6. The summed E-state index contributed by atoms with van der Waals surface area (Å²) in [5.41, 5.74) is 0.0191. The molecule has 0 radical (unpaired) electrons. The Labute approximate surface area is 140 Å². The number of sulfone groups is 1. The molecule has 0 heterocycles. The van der Waals surface area contributed by atoms with E-state index < -0.39 is 20.3 Å². The molecule has 0 aromatic carbocycles. The summed E-state index contributed by atoms with van der Waals surface area (Å²) in [6.45, 7) is 7.42. The van der Waals surface area contributed by atoms with Gasteiger partial charge in [0.05, 0.1) is 11.4 Å². The first kappa shape index (κ1) is 18.7. The molecule has 2 aliphatic carbocycles. The minimum absolute atomic E-state index is 0.0191. The van der Waals surface area contributed by atoms with Crippen LogP contribution < -0.4 is 5.32 Å². The van der Waals surface area contributed by atoms with Crippen LogP contribution >= 0.6 is 0 Å². The predicted molar refractivity (Wildman–Crippen MR) is 91.0 cm³/mol. The van der Waals surface area contributed by atoms with Crippen molar-refractivity contribution in [2.75, 3.05) is 6.61 Å². The Hall–Kier alpha value is -0.620. The highest BCUT2D eigenvalue weighted by Gasteiger charge is 2.56. The molecule has 3 unspecified atom stereocenters. The van der Waals surface area contributed by atoms with Crippen LogP contribution in [0, 0.1) is 5.41 Å². The Morgan fingerprint density at radius 1 is 1.22 bits per heavy atom. The summed E-state index contributed by atoms with van der Waals surface area (Å²) >= 11 is 0. The van der Waals surface area contributed by atoms with Crippen LogP contribution in [0.4, 0.5) is 0 Å². The van der Waals surface area contributed by atoms with Crippen LogP contribution in [0.5, 0.6) is 0 Å². The van der Waals surface area contributed by atoms with Gasteiger partial charge in [0.25, 0.3) is 0 Å². The highest BCUT2D eigenvalue weighted by molar-refractivity contribution is 7.93. The van der Waals surface area contributed by atoms with Crippen LogP contribution in [0.3, 0.4) is 0 Å². The average Bonchev–Trinajstić information content (AvgIpc) is 2.53. The molecule has 0 saturated heterocycles. The van der Waals surface area contributed by atoms with Gasteiger partial charge in [-0.3, -0.25) is 4.79 Å². The Morgan fingerprint density at radius 2 is 1.83 bits per heavy atom. The highest BCUT2D eigenvalue weighted by atomic mass is 32.2. The number of rotatable bonds is 6. The SMILES string of the molecule is CCOC1CC(NC(=O)C(C)S(=O)(=O)C(C)C)C12CCCCC2. The third kappa shape index (κ3) is 3.43. The molecule has 6 heteroatoms. The Balaban J connectivity index is 2.06. The van der Waals surface area contributed by atoms with E-state index in [4.69, 9.17) is 4.74 Å². The van der Waals surface area contributed by atoms with Crippen molar-refractivity contribution < 1.29 is 17.9 Å². The van der Waals surface area contributed by atoms with Crippen molar-refractivity contribution in [3.63, 3.8) is 0 Å². The summed E-state index contributed by atoms with van der Waals surface area (Å²) in [5, 5.41) is 1.50. The van der Waals surface area contributed by atoms with Crippen molar-refractivity contribution in [2.45, 2.75) is 88.9 Å². The monoisotopic (exact) mass is 345 g/mol. The topological polar surface area (TPSA) is 72.5 Å². The van der Waals surface area contributed by atoms with Gasteiger partial charge in [0.15, 0.2) is 9.84 Å². The highest BCUT2D eigenvalue weighted by Crippen LogP contribution is 2.53. The molecule has 5 nitrogen and oxygen atoms in total. The second-order valence-electron chi connectivity index (χ2n) is 7.31. The summed E-state index contributed by atoms with van der Waals surface area (Å²) in [4.78, 5) is 12.5. The molecular formula is C17H31NO4S. The first-order valence-corrected chi connectivity index (χ1v) is 10.5. The predicted octanol–water partition coefficient (Wildman–Crippen LogP) is 2.44. The van der Waals surface area contributed by atoms with E-state index >= 15 is 0 Å². The van der Waals surface area contributed by atoms with Crippen LogP contribution in [-0.4, -0.2) is 43.6 Å². The van der Waals surface area contributed by atoms with E-state index in [1.165, 1.54) is 13.3 Å². The Morgan fingerprint density at radius 3 is 2.35 bits per heavy atom. The molecule has 1 N–H and O–H groups in total. The Bertz CT molecular complexity index is 523. The molecule has 2 fully saturated rings. The smallest absolute Gasteiger partial charge is 0.238 e. The van der Waals surface area contributed by atoms with Crippen molar-refractivity contribution in [2.24, 2.45) is 5.41 Å². The summed E-state index contributed by atoms with van der Waals surface area (Å²) in [6.07, 6.45) is 6.69. The zero-order chi connectivity index (χ0) is 17.3. The molecule has 0 aromatic rings. The third-order valence-electron chi connectivity index (χ3n) is 5.77. The fourth-order valence-corrected chi connectivity index (χ4v) is 5.30. The van der Waals surface area contributed by atoms with Crippen LogP contribution in [0.15, 0.2) is 0 Å². The maximum absolute atomic E-state index is 12.5. The Kier molecular flexibility index (Phi) is 5.77. The second kappa shape index (κ2) is 7.09. The fourth-order valence-electron chi connectivity index (χ4n) is 4.11. The number of carbonyl (C=O) groups excluding carboxylic acids is 1. The summed E-state index contributed by atoms with van der Waals surface area (Å²) in [5.74, 6) is -0.358. The first-order chi connectivity index (χ1) is 10.8. The molecule has 0 aromatic heterocycles. The van der Waals surface area contributed by atoms with Crippen LogP contribution in [0.1, 0.15) is 66.2 Å². The molecule has 2 rings (SSSR count). The largest absolute Gasteiger partial charge is 0.378 e. The molecule has 3 atom stereocenters. The van der Waals surface area contributed by atoms with Gasteiger partial charge < -0.3 is 10.1 Å². The van der Waals surface area contributed by atoms with Crippen molar-refractivity contribution in [1.82, 2.24) is 5.32 Å². The van der Waals surface area contributed by atoms with E-state index in [1.54, 1.807) is 13.8 Å². The van der Waals surface area contributed by atoms with Crippen molar-refractivity contribution in [3.8, 4) is 0 Å². The summed E-state index contributed by atoms with van der Waals surface area (Å²) < 4.78 is 30.3. The molecule has 2 saturated carbocycles. The zero-order valence-electron chi connectivity index (χ0n) is 14.8. The van der Waals surface area contributed by atoms with Gasteiger partial charge in [-0.05, 0) is 47.0 Å². The number of nitrogens with one attached hydrogen (secondary N) is 1. The first-order valence-electron chi connectivity index (χ1n) is 8.90. The van der Waals surface area contributed by atoms with E-state index in [-0.39, 0.29) is 23.5 Å². The van der Waals surface area contributed by atoms with Crippen molar-refractivity contribution >= 4 is 15.7 Å². The van der Waals surface area contributed by atoms with Gasteiger partial charge in [-0.25, -0.2) is 8.42 Å². The van der Waals surface area contributed by atoms with E-state index in [0.717, 1.165) is 32.1 Å². The minimum atomic E-state index is -3.42. The van der Waals surface area contributed by atoms with E-state index in [1.807, 2.05) is 6.92 Å². The fraction of sp³-hybridized carbons (Fsp3) is 0.941. The van der Waals surface area contributed by atoms with Crippen LogP contribution in [0.2, 0.25) is 0 Å². The molecule has 23 heavy (non-hydrogen) atoms.